The van der Waals surface area contributed by atoms with Crippen LogP contribution < -0.4 is 14.4 Å². The molecule has 1 N–H and O–H groups in total. The molecule has 3 aromatic carbocycles. The number of sulfonamides is 1. The van der Waals surface area contributed by atoms with Crippen LogP contribution in [0.15, 0.2) is 77.7 Å². The van der Waals surface area contributed by atoms with E-state index in [1.165, 1.54) is 62.6 Å². The second-order valence-electron chi connectivity index (χ2n) is 10.2. The Morgan fingerprint density at radius 2 is 1.65 bits per heavy atom. The van der Waals surface area contributed by atoms with Crippen molar-refractivity contribution in [1.82, 2.24) is 10.2 Å². The molecular weight excluding hydrogens is 557 g/mol. The highest BCUT2D eigenvalue weighted by Gasteiger charge is 2.34. The van der Waals surface area contributed by atoms with Crippen molar-refractivity contribution >= 4 is 39.1 Å². The normalized spacial score (nSPS) is 12.4. The van der Waals surface area contributed by atoms with Gasteiger partial charge >= 0.3 is 0 Å². The number of amides is 2. The van der Waals surface area contributed by atoms with Crippen LogP contribution in [0.2, 0.25) is 5.02 Å². The fourth-order valence-corrected chi connectivity index (χ4v) is 5.60. The van der Waals surface area contributed by atoms with Gasteiger partial charge in [-0.2, -0.15) is 0 Å². The van der Waals surface area contributed by atoms with E-state index in [1.54, 1.807) is 45.0 Å². The first kappa shape index (κ1) is 30.9. The van der Waals surface area contributed by atoms with Gasteiger partial charge in [0.15, 0.2) is 0 Å². The van der Waals surface area contributed by atoms with Gasteiger partial charge in [0.2, 0.25) is 11.8 Å². The minimum atomic E-state index is -4.26. The fraction of sp³-hybridized carbons (Fsp3) is 0.310. The Morgan fingerprint density at radius 3 is 2.23 bits per heavy atom. The monoisotopic (exact) mass is 589 g/mol. The van der Waals surface area contributed by atoms with Crippen LogP contribution in [0.3, 0.4) is 0 Å². The minimum absolute atomic E-state index is 0.0473. The van der Waals surface area contributed by atoms with Gasteiger partial charge in [-0.1, -0.05) is 48.0 Å². The van der Waals surface area contributed by atoms with Gasteiger partial charge in [0, 0.05) is 17.6 Å². The zero-order valence-electron chi connectivity index (χ0n) is 23.0. The standard InChI is InChI=1S/C29H33ClFN3O5S/c1-20(28(36)32-29(2,3)4)33(18-21-11-9-10-14-25(21)31)27(35)19-34(22-15-16-26(39-5)24(30)17-22)40(37,38)23-12-7-6-8-13-23/h6-17,20H,18-19H2,1-5H3,(H,32,36). The second-order valence-corrected chi connectivity index (χ2v) is 12.4. The molecule has 0 aliphatic rings. The number of halogens is 2. The van der Waals surface area contributed by atoms with Crippen molar-refractivity contribution in [2.75, 3.05) is 18.0 Å². The van der Waals surface area contributed by atoms with Crippen LogP contribution in [0.1, 0.15) is 33.3 Å². The van der Waals surface area contributed by atoms with Crippen LogP contribution in [0.4, 0.5) is 10.1 Å². The topological polar surface area (TPSA) is 96.0 Å². The first-order chi connectivity index (χ1) is 18.7. The molecule has 0 spiro atoms. The predicted molar refractivity (Wildman–Crippen MR) is 153 cm³/mol. The Morgan fingerprint density at radius 1 is 1.02 bits per heavy atom. The van der Waals surface area contributed by atoms with E-state index < -0.39 is 45.8 Å². The Kier molecular flexibility index (Phi) is 9.81. The molecule has 1 unspecified atom stereocenters. The van der Waals surface area contributed by atoms with Gasteiger partial charge in [-0.15, -0.1) is 0 Å². The zero-order chi connectivity index (χ0) is 29.7. The molecule has 3 rings (SSSR count). The Labute approximate surface area is 239 Å². The molecule has 0 aromatic heterocycles. The molecule has 0 heterocycles. The molecule has 0 aliphatic heterocycles. The molecule has 214 valence electrons. The minimum Gasteiger partial charge on any atom is -0.495 e. The van der Waals surface area contributed by atoms with Crippen LogP contribution in [-0.4, -0.2) is 50.4 Å². The van der Waals surface area contributed by atoms with Crippen LogP contribution >= 0.6 is 11.6 Å². The van der Waals surface area contributed by atoms with Crippen LogP contribution in [0, 0.1) is 5.82 Å². The number of carbonyl (C=O) groups excluding carboxylic acids is 2. The van der Waals surface area contributed by atoms with E-state index in [9.17, 15) is 22.4 Å². The highest BCUT2D eigenvalue weighted by atomic mass is 35.5. The third kappa shape index (κ3) is 7.51. The summed E-state index contributed by atoms with van der Waals surface area (Å²) in [5, 5.41) is 2.97. The largest absolute Gasteiger partial charge is 0.495 e. The van der Waals surface area contributed by atoms with E-state index in [4.69, 9.17) is 16.3 Å². The molecule has 0 saturated carbocycles. The third-order valence-electron chi connectivity index (χ3n) is 6.00. The van der Waals surface area contributed by atoms with E-state index in [1.807, 2.05) is 0 Å². The molecule has 11 heteroatoms. The molecule has 0 saturated heterocycles. The fourth-order valence-electron chi connectivity index (χ4n) is 3.93. The number of hydrogen-bond acceptors (Lipinski definition) is 5. The van der Waals surface area contributed by atoms with Crippen molar-refractivity contribution in [3.63, 3.8) is 0 Å². The van der Waals surface area contributed by atoms with Crippen molar-refractivity contribution < 1.29 is 27.1 Å². The van der Waals surface area contributed by atoms with E-state index in [0.29, 0.717) is 5.75 Å². The zero-order valence-corrected chi connectivity index (χ0v) is 24.6. The molecule has 2 amide bonds. The van der Waals surface area contributed by atoms with E-state index in [2.05, 4.69) is 5.32 Å². The number of benzene rings is 3. The summed E-state index contributed by atoms with van der Waals surface area (Å²) in [7, 11) is -2.84. The van der Waals surface area contributed by atoms with Crippen LogP contribution in [0.25, 0.3) is 0 Å². The van der Waals surface area contributed by atoms with Gasteiger partial charge in [0.05, 0.1) is 22.7 Å². The maximum Gasteiger partial charge on any atom is 0.264 e. The van der Waals surface area contributed by atoms with E-state index >= 15 is 0 Å². The van der Waals surface area contributed by atoms with Gasteiger partial charge in [-0.05, 0) is 64.1 Å². The highest BCUT2D eigenvalue weighted by Crippen LogP contribution is 2.32. The molecule has 1 atom stereocenters. The third-order valence-corrected chi connectivity index (χ3v) is 8.08. The molecule has 0 bridgehead atoms. The lowest BCUT2D eigenvalue weighted by atomic mass is 10.1. The number of methoxy groups -OCH3 is 1. The van der Waals surface area contributed by atoms with E-state index in [0.717, 1.165) is 9.21 Å². The summed E-state index contributed by atoms with van der Waals surface area (Å²) in [6, 6.07) is 16.8. The summed E-state index contributed by atoms with van der Waals surface area (Å²) in [6.45, 7) is 5.96. The van der Waals surface area contributed by atoms with Crippen molar-refractivity contribution in [1.29, 1.82) is 0 Å². The molecule has 40 heavy (non-hydrogen) atoms. The van der Waals surface area contributed by atoms with Crippen molar-refractivity contribution in [3.05, 3.63) is 89.2 Å². The first-order valence-electron chi connectivity index (χ1n) is 12.5. The smallest absolute Gasteiger partial charge is 0.264 e. The summed E-state index contributed by atoms with van der Waals surface area (Å²) < 4.78 is 48.3. The van der Waals surface area contributed by atoms with Gasteiger partial charge in [-0.25, -0.2) is 12.8 Å². The maximum absolute atomic E-state index is 14.6. The van der Waals surface area contributed by atoms with Crippen molar-refractivity contribution in [2.45, 2.75) is 50.7 Å². The number of nitrogens with one attached hydrogen (secondary N) is 1. The second kappa shape index (κ2) is 12.7. The summed E-state index contributed by atoms with van der Waals surface area (Å²) in [5.41, 5.74) is -0.308. The highest BCUT2D eigenvalue weighted by molar-refractivity contribution is 7.92. The van der Waals surface area contributed by atoms with E-state index in [-0.39, 0.29) is 27.7 Å². The van der Waals surface area contributed by atoms with Crippen molar-refractivity contribution in [2.24, 2.45) is 0 Å². The Hall–Kier alpha value is -3.63. The average Bonchev–Trinajstić information content (AvgIpc) is 2.90. The lowest BCUT2D eigenvalue weighted by Crippen LogP contribution is -2.54. The number of anilines is 1. The molecule has 0 fully saturated rings. The molecule has 3 aromatic rings. The van der Waals surface area contributed by atoms with Gasteiger partial charge in [0.25, 0.3) is 10.0 Å². The summed E-state index contributed by atoms with van der Waals surface area (Å²) in [6.07, 6.45) is 0. The summed E-state index contributed by atoms with van der Waals surface area (Å²) in [4.78, 5) is 28.1. The van der Waals surface area contributed by atoms with Gasteiger partial charge in [-0.3, -0.25) is 13.9 Å². The van der Waals surface area contributed by atoms with Gasteiger partial charge < -0.3 is 15.0 Å². The Balaban J connectivity index is 2.07. The summed E-state index contributed by atoms with van der Waals surface area (Å²) >= 11 is 6.31. The number of carbonyl (C=O) groups is 2. The molecule has 0 radical (unpaired) electrons. The quantitative estimate of drug-likeness (QED) is 0.358. The van der Waals surface area contributed by atoms with Crippen LogP contribution in [0.5, 0.6) is 5.75 Å². The van der Waals surface area contributed by atoms with Crippen molar-refractivity contribution in [3.8, 4) is 5.75 Å². The van der Waals surface area contributed by atoms with Gasteiger partial charge in [0.1, 0.15) is 24.2 Å². The summed E-state index contributed by atoms with van der Waals surface area (Å²) in [5.74, 6) is -1.42. The predicted octanol–water partition coefficient (Wildman–Crippen LogP) is 5.02. The number of rotatable bonds is 10. The average molecular weight is 590 g/mol. The maximum atomic E-state index is 14.6. The molecular formula is C29H33ClFN3O5S. The number of hydrogen-bond donors (Lipinski definition) is 1. The lowest BCUT2D eigenvalue weighted by Gasteiger charge is -2.33. The van der Waals surface area contributed by atoms with Crippen LogP contribution in [-0.2, 0) is 26.2 Å². The number of ether oxygens (including phenoxy) is 1. The first-order valence-corrected chi connectivity index (χ1v) is 14.3. The lowest BCUT2D eigenvalue weighted by molar-refractivity contribution is -0.140. The molecule has 8 nitrogen and oxygen atoms in total. The Bertz CT molecular complexity index is 1460. The number of nitrogens with zero attached hydrogens (tertiary/aromatic N) is 2. The molecule has 0 aliphatic carbocycles. The SMILES string of the molecule is COc1ccc(N(CC(=O)N(Cc2ccccc2F)C(C)C(=O)NC(C)(C)C)S(=O)(=O)c2ccccc2)cc1Cl.